The van der Waals surface area contributed by atoms with Gasteiger partial charge in [0, 0.05) is 29.6 Å². The van der Waals surface area contributed by atoms with Gasteiger partial charge in [-0.15, -0.1) is 0 Å². The second-order valence-electron chi connectivity index (χ2n) is 7.55. The largest absolute Gasteiger partial charge is 0.435 e. The van der Waals surface area contributed by atoms with Gasteiger partial charge in [0.2, 0.25) is 0 Å². The van der Waals surface area contributed by atoms with Crippen LogP contribution in [0.4, 0.5) is 18.9 Å². The van der Waals surface area contributed by atoms with Crippen molar-refractivity contribution in [3.05, 3.63) is 101 Å². The van der Waals surface area contributed by atoms with Crippen LogP contribution in [0.2, 0.25) is 5.02 Å². The maximum Gasteiger partial charge on any atom is 0.435 e. The molecule has 0 fully saturated rings. The van der Waals surface area contributed by atoms with Crippen LogP contribution in [0.15, 0.2) is 84.0 Å². The van der Waals surface area contributed by atoms with E-state index in [0.29, 0.717) is 16.1 Å². The molecule has 9 heteroatoms. The number of nitrogens with one attached hydrogen (secondary N) is 1. The van der Waals surface area contributed by atoms with Crippen molar-refractivity contribution < 1.29 is 22.8 Å². The third-order valence-electron chi connectivity index (χ3n) is 5.39. The van der Waals surface area contributed by atoms with Crippen molar-refractivity contribution in [1.82, 2.24) is 5.43 Å². The number of hydrogen-bond acceptors (Lipinski definition) is 4. The van der Waals surface area contributed by atoms with E-state index in [0.717, 1.165) is 5.69 Å². The summed E-state index contributed by atoms with van der Waals surface area (Å²) in [5.74, 6) is -0.358. The molecule has 1 atom stereocenters. The second kappa shape index (κ2) is 8.78. The Morgan fingerprint density at radius 1 is 1.03 bits per heavy atom. The quantitative estimate of drug-likeness (QED) is 0.483. The van der Waals surface area contributed by atoms with Gasteiger partial charge in [0.05, 0.1) is 11.4 Å². The molecule has 0 saturated carbocycles. The molecule has 1 aliphatic rings. The number of halogens is 4. The number of alkyl halides is 3. The SMILES string of the molecule is CN(NC(=O)c1ccc(C2=NOC(c3ccc(Cl)cc3)(C(F)(F)F)C2)cc1)c1ccccc1. The number of oxime groups is 1. The van der Waals surface area contributed by atoms with Crippen LogP contribution in [0.25, 0.3) is 0 Å². The molecule has 0 spiro atoms. The van der Waals surface area contributed by atoms with Crippen molar-refractivity contribution in [2.45, 2.75) is 18.2 Å². The summed E-state index contributed by atoms with van der Waals surface area (Å²) >= 11 is 5.82. The fourth-order valence-corrected chi connectivity index (χ4v) is 3.65. The van der Waals surface area contributed by atoms with Crippen molar-refractivity contribution >= 4 is 28.9 Å². The highest BCUT2D eigenvalue weighted by Gasteiger charge is 2.62. The van der Waals surface area contributed by atoms with Crippen molar-refractivity contribution in [2.24, 2.45) is 5.16 Å². The number of para-hydroxylation sites is 1. The predicted molar refractivity (Wildman–Crippen MR) is 120 cm³/mol. The fraction of sp³-hybridized carbons (Fsp3) is 0.167. The van der Waals surface area contributed by atoms with Crippen molar-refractivity contribution in [1.29, 1.82) is 0 Å². The molecule has 0 aliphatic carbocycles. The lowest BCUT2D eigenvalue weighted by Gasteiger charge is -2.29. The first-order valence-corrected chi connectivity index (χ1v) is 10.4. The standard InChI is InChI=1S/C24H19ClF3N3O2/c1-31(20-5-3-2-4-6-20)29-22(32)17-9-7-16(8-10-17)21-15-23(33-30-21,24(26,27)28)18-11-13-19(25)14-12-18/h2-14H,15H2,1H3,(H,29,32). The molecule has 1 amide bonds. The van der Waals surface area contributed by atoms with Gasteiger partial charge < -0.3 is 4.84 Å². The molecule has 1 heterocycles. The van der Waals surface area contributed by atoms with Crippen molar-refractivity contribution in [2.75, 3.05) is 12.1 Å². The molecule has 0 aromatic heterocycles. The highest BCUT2D eigenvalue weighted by atomic mass is 35.5. The number of nitrogens with zero attached hydrogens (tertiary/aromatic N) is 2. The topological polar surface area (TPSA) is 53.9 Å². The van der Waals surface area contributed by atoms with Crippen LogP contribution in [-0.2, 0) is 10.4 Å². The number of hydrogen-bond donors (Lipinski definition) is 1. The highest BCUT2D eigenvalue weighted by molar-refractivity contribution is 6.30. The van der Waals surface area contributed by atoms with Gasteiger partial charge in [-0.25, -0.2) is 0 Å². The molecular weight excluding hydrogens is 455 g/mol. The van der Waals surface area contributed by atoms with E-state index in [1.165, 1.54) is 36.4 Å². The van der Waals surface area contributed by atoms with E-state index in [4.69, 9.17) is 16.4 Å². The van der Waals surface area contributed by atoms with Gasteiger partial charge in [-0.2, -0.15) is 13.2 Å². The maximum atomic E-state index is 14.0. The van der Waals surface area contributed by atoms with Gasteiger partial charge >= 0.3 is 6.18 Å². The zero-order chi connectivity index (χ0) is 23.6. The Labute approximate surface area is 193 Å². The van der Waals surface area contributed by atoms with Crippen LogP contribution in [0, 0.1) is 0 Å². The molecule has 1 aliphatic heterocycles. The average molecular weight is 474 g/mol. The lowest BCUT2D eigenvalue weighted by molar-refractivity contribution is -0.275. The molecule has 5 nitrogen and oxygen atoms in total. The minimum absolute atomic E-state index is 0.0851. The van der Waals surface area contributed by atoms with Gasteiger partial charge in [-0.1, -0.05) is 59.2 Å². The number of carbonyl (C=O) groups is 1. The third-order valence-corrected chi connectivity index (χ3v) is 5.64. The van der Waals surface area contributed by atoms with E-state index in [-0.39, 0.29) is 17.2 Å². The zero-order valence-electron chi connectivity index (χ0n) is 17.4. The number of anilines is 1. The highest BCUT2D eigenvalue weighted by Crippen LogP contribution is 2.48. The van der Waals surface area contributed by atoms with E-state index in [2.05, 4.69) is 10.6 Å². The van der Waals surface area contributed by atoms with Crippen LogP contribution in [0.3, 0.4) is 0 Å². The molecule has 1 unspecified atom stereocenters. The number of hydrazine groups is 1. The van der Waals surface area contributed by atoms with E-state index in [9.17, 15) is 18.0 Å². The Hall–Kier alpha value is -3.52. The van der Waals surface area contributed by atoms with Crippen LogP contribution < -0.4 is 10.4 Å². The summed E-state index contributed by atoms with van der Waals surface area (Å²) in [6.45, 7) is 0. The smallest absolute Gasteiger partial charge is 0.374 e. The van der Waals surface area contributed by atoms with Gasteiger partial charge in [-0.05, 0) is 42.0 Å². The van der Waals surface area contributed by atoms with E-state index < -0.39 is 18.2 Å². The Morgan fingerprint density at radius 3 is 2.27 bits per heavy atom. The molecule has 4 rings (SSSR count). The summed E-state index contributed by atoms with van der Waals surface area (Å²) in [6.07, 6.45) is -5.20. The van der Waals surface area contributed by atoms with Crippen LogP contribution in [-0.4, -0.2) is 24.8 Å². The van der Waals surface area contributed by atoms with Crippen molar-refractivity contribution in [3.8, 4) is 0 Å². The molecule has 3 aromatic carbocycles. The van der Waals surface area contributed by atoms with Gasteiger partial charge in [0.1, 0.15) is 0 Å². The van der Waals surface area contributed by atoms with Crippen molar-refractivity contribution in [3.63, 3.8) is 0 Å². The molecule has 0 saturated heterocycles. The molecule has 1 N–H and O–H groups in total. The van der Waals surface area contributed by atoms with Gasteiger partial charge in [0.15, 0.2) is 0 Å². The van der Waals surface area contributed by atoms with Gasteiger partial charge in [0.25, 0.3) is 11.5 Å². The Balaban J connectivity index is 1.50. The molecule has 33 heavy (non-hydrogen) atoms. The maximum absolute atomic E-state index is 14.0. The third kappa shape index (κ3) is 4.52. The lowest BCUT2D eigenvalue weighted by Crippen LogP contribution is -2.42. The first-order valence-electron chi connectivity index (χ1n) is 9.98. The minimum atomic E-state index is -4.70. The summed E-state index contributed by atoms with van der Waals surface area (Å²) in [5.41, 5.74) is 1.77. The summed E-state index contributed by atoms with van der Waals surface area (Å²) in [7, 11) is 1.71. The first kappa shape index (κ1) is 22.7. The fourth-order valence-electron chi connectivity index (χ4n) is 3.52. The van der Waals surface area contributed by atoms with E-state index >= 15 is 0 Å². The van der Waals surface area contributed by atoms with Crippen LogP contribution in [0.1, 0.15) is 27.9 Å². The number of amides is 1. The summed E-state index contributed by atoms with van der Waals surface area (Å²) in [5, 5.41) is 5.64. The molecular formula is C24H19ClF3N3O2. The minimum Gasteiger partial charge on any atom is -0.374 e. The second-order valence-corrected chi connectivity index (χ2v) is 7.99. The number of rotatable bonds is 5. The number of benzene rings is 3. The van der Waals surface area contributed by atoms with Gasteiger partial charge in [-0.3, -0.25) is 15.2 Å². The summed E-state index contributed by atoms with van der Waals surface area (Å²) < 4.78 is 42.1. The normalized spacial score (nSPS) is 17.8. The molecule has 3 aromatic rings. The summed E-state index contributed by atoms with van der Waals surface area (Å²) in [4.78, 5) is 17.6. The number of carbonyl (C=O) groups excluding carboxylic acids is 1. The zero-order valence-corrected chi connectivity index (χ0v) is 18.2. The van der Waals surface area contributed by atoms with Crippen LogP contribution >= 0.6 is 11.6 Å². The Bertz CT molecular complexity index is 1170. The molecule has 0 radical (unpaired) electrons. The first-order chi connectivity index (χ1) is 15.7. The monoisotopic (exact) mass is 473 g/mol. The Morgan fingerprint density at radius 2 is 1.67 bits per heavy atom. The molecule has 170 valence electrons. The van der Waals surface area contributed by atoms with E-state index in [1.807, 2.05) is 30.3 Å². The summed E-state index contributed by atoms with van der Waals surface area (Å²) in [6, 6.07) is 20.7. The Kier molecular flexibility index (Phi) is 6.03. The predicted octanol–water partition coefficient (Wildman–Crippen LogP) is 5.70. The molecule has 0 bridgehead atoms. The average Bonchev–Trinajstić information content (AvgIpc) is 3.27. The van der Waals surface area contributed by atoms with Crippen LogP contribution in [0.5, 0.6) is 0 Å². The van der Waals surface area contributed by atoms with E-state index in [1.54, 1.807) is 24.2 Å². The lowest BCUT2D eigenvalue weighted by atomic mass is 9.86.